The van der Waals surface area contributed by atoms with E-state index in [1.807, 2.05) is 11.8 Å². The van der Waals surface area contributed by atoms with Gasteiger partial charge in [0.15, 0.2) is 0 Å². The first kappa shape index (κ1) is 14.8. The lowest BCUT2D eigenvalue weighted by Crippen LogP contribution is -2.34. The number of hydrogen-bond acceptors (Lipinski definition) is 3. The van der Waals surface area contributed by atoms with Crippen LogP contribution in [0.2, 0.25) is 5.02 Å². The molecule has 6 heteroatoms. The Morgan fingerprint density at radius 2 is 2.18 bits per heavy atom. The van der Waals surface area contributed by atoms with Gasteiger partial charge in [0.05, 0.1) is 6.04 Å². The number of hydrogen-bond donors (Lipinski definition) is 1. The molecule has 0 saturated heterocycles. The molecule has 2 heterocycles. The van der Waals surface area contributed by atoms with Crippen molar-refractivity contribution in [1.29, 1.82) is 0 Å². The predicted molar refractivity (Wildman–Crippen MR) is 82.1 cm³/mol. The van der Waals surface area contributed by atoms with Gasteiger partial charge in [-0.05, 0) is 48.7 Å². The fourth-order valence-electron chi connectivity index (χ4n) is 2.88. The molecule has 0 bridgehead atoms. The Balaban J connectivity index is 1.97. The Morgan fingerprint density at radius 3 is 2.86 bits per heavy atom. The molecular formula is C16H14ClFN2O2. The van der Waals surface area contributed by atoms with Gasteiger partial charge in [-0.2, -0.15) is 0 Å². The first-order valence-electron chi connectivity index (χ1n) is 6.90. The Hall–Kier alpha value is -2.14. The largest absolute Gasteiger partial charge is 0.477 e. The number of carbonyl (C=O) groups is 1. The Labute approximate surface area is 132 Å². The molecule has 22 heavy (non-hydrogen) atoms. The average molecular weight is 321 g/mol. The number of anilines is 1. The van der Waals surface area contributed by atoms with Crippen molar-refractivity contribution in [2.75, 3.05) is 11.4 Å². The van der Waals surface area contributed by atoms with E-state index in [1.165, 1.54) is 12.1 Å². The smallest absolute Gasteiger partial charge is 0.354 e. The van der Waals surface area contributed by atoms with E-state index in [9.17, 15) is 9.18 Å². The summed E-state index contributed by atoms with van der Waals surface area (Å²) in [7, 11) is 0. The van der Waals surface area contributed by atoms with Crippen molar-refractivity contribution in [2.24, 2.45) is 0 Å². The predicted octanol–water partition coefficient (Wildman–Crippen LogP) is 3.70. The minimum atomic E-state index is -1.03. The fourth-order valence-corrected chi connectivity index (χ4v) is 3.09. The van der Waals surface area contributed by atoms with Gasteiger partial charge in [0, 0.05) is 23.5 Å². The van der Waals surface area contributed by atoms with E-state index >= 15 is 0 Å². The molecule has 4 nitrogen and oxygen atoms in total. The van der Waals surface area contributed by atoms with Gasteiger partial charge < -0.3 is 10.0 Å². The zero-order valence-corrected chi connectivity index (χ0v) is 12.6. The van der Waals surface area contributed by atoms with Crippen LogP contribution in [0.4, 0.5) is 10.1 Å². The summed E-state index contributed by atoms with van der Waals surface area (Å²) < 4.78 is 13.6. The molecule has 0 spiro atoms. The van der Waals surface area contributed by atoms with Crippen LogP contribution < -0.4 is 4.90 Å². The van der Waals surface area contributed by atoms with Gasteiger partial charge in [0.2, 0.25) is 0 Å². The normalized spacial score (nSPS) is 17.2. The number of rotatable bonds is 2. The number of fused-ring (bicyclic) bond motifs is 1. The van der Waals surface area contributed by atoms with Crippen LogP contribution in [-0.2, 0) is 6.42 Å². The first-order chi connectivity index (χ1) is 10.5. The van der Waals surface area contributed by atoms with E-state index in [1.54, 1.807) is 18.3 Å². The van der Waals surface area contributed by atoms with Gasteiger partial charge in [-0.15, -0.1) is 0 Å². The number of aromatic nitrogens is 1. The highest BCUT2D eigenvalue weighted by Gasteiger charge is 2.26. The van der Waals surface area contributed by atoms with E-state index in [2.05, 4.69) is 4.98 Å². The minimum absolute atomic E-state index is 0.0306. The monoisotopic (exact) mass is 320 g/mol. The number of benzene rings is 1. The maximum atomic E-state index is 13.6. The van der Waals surface area contributed by atoms with Crippen molar-refractivity contribution >= 4 is 23.3 Å². The van der Waals surface area contributed by atoms with E-state index in [0.29, 0.717) is 23.7 Å². The van der Waals surface area contributed by atoms with Crippen LogP contribution in [0.15, 0.2) is 30.5 Å². The van der Waals surface area contributed by atoms with Gasteiger partial charge >= 0.3 is 5.97 Å². The molecule has 1 atom stereocenters. The highest BCUT2D eigenvalue weighted by molar-refractivity contribution is 6.30. The third kappa shape index (κ3) is 2.64. The molecule has 0 radical (unpaired) electrons. The molecule has 1 aliphatic heterocycles. The number of pyridine rings is 1. The molecular weight excluding hydrogens is 307 g/mol. The molecule has 0 fully saturated rings. The summed E-state index contributed by atoms with van der Waals surface area (Å²) in [4.78, 5) is 17.0. The van der Waals surface area contributed by atoms with Crippen molar-refractivity contribution in [3.05, 3.63) is 58.1 Å². The minimum Gasteiger partial charge on any atom is -0.477 e. The summed E-state index contributed by atoms with van der Waals surface area (Å²) in [5, 5.41) is 9.37. The molecule has 3 rings (SSSR count). The van der Waals surface area contributed by atoms with Crippen molar-refractivity contribution in [2.45, 2.75) is 19.4 Å². The molecule has 1 aromatic heterocycles. The van der Waals surface area contributed by atoms with Crippen LogP contribution >= 0.6 is 11.6 Å². The lowest BCUT2D eigenvalue weighted by Gasteiger charge is -2.37. The standard InChI is InChI=1S/C16H14ClFN2O2/c1-9-14-8-19-15(16(21)22)4-10(14)2-3-20(9)13-6-11(17)5-12(18)7-13/h4-9H,2-3H2,1H3,(H,21,22)/t9-/m0/s1. The summed E-state index contributed by atoms with van der Waals surface area (Å²) in [6.07, 6.45) is 2.27. The summed E-state index contributed by atoms with van der Waals surface area (Å²) in [5.41, 5.74) is 2.69. The van der Waals surface area contributed by atoms with Crippen molar-refractivity contribution in [3.8, 4) is 0 Å². The maximum absolute atomic E-state index is 13.6. The van der Waals surface area contributed by atoms with Crippen LogP contribution in [-0.4, -0.2) is 22.6 Å². The quantitative estimate of drug-likeness (QED) is 0.916. The highest BCUT2D eigenvalue weighted by Crippen LogP contribution is 2.34. The molecule has 1 N–H and O–H groups in total. The topological polar surface area (TPSA) is 53.4 Å². The molecule has 0 unspecified atom stereocenters. The second kappa shape index (κ2) is 5.57. The lowest BCUT2D eigenvalue weighted by atomic mass is 9.94. The van der Waals surface area contributed by atoms with Gasteiger partial charge in [-0.25, -0.2) is 14.2 Å². The lowest BCUT2D eigenvalue weighted by molar-refractivity contribution is 0.0690. The van der Waals surface area contributed by atoms with Gasteiger partial charge in [0.25, 0.3) is 0 Å². The van der Waals surface area contributed by atoms with Crippen molar-refractivity contribution in [3.63, 3.8) is 0 Å². The van der Waals surface area contributed by atoms with Crippen LogP contribution in [0.5, 0.6) is 0 Å². The third-order valence-electron chi connectivity index (χ3n) is 3.96. The summed E-state index contributed by atoms with van der Waals surface area (Å²) >= 11 is 5.93. The fraction of sp³-hybridized carbons (Fsp3) is 0.250. The second-order valence-electron chi connectivity index (χ2n) is 5.32. The number of aromatic carboxylic acids is 1. The second-order valence-corrected chi connectivity index (χ2v) is 5.76. The van der Waals surface area contributed by atoms with E-state index in [4.69, 9.17) is 16.7 Å². The SMILES string of the molecule is C[C@H]1c2cnc(C(=O)O)cc2CCN1c1cc(F)cc(Cl)c1. The van der Waals surface area contributed by atoms with Crippen LogP contribution in [0.3, 0.4) is 0 Å². The molecule has 0 saturated carbocycles. The highest BCUT2D eigenvalue weighted by atomic mass is 35.5. The van der Waals surface area contributed by atoms with Crippen molar-refractivity contribution < 1.29 is 14.3 Å². The van der Waals surface area contributed by atoms with Crippen LogP contribution in [0, 0.1) is 5.82 Å². The van der Waals surface area contributed by atoms with Gasteiger partial charge in [-0.3, -0.25) is 0 Å². The molecule has 0 amide bonds. The van der Waals surface area contributed by atoms with Crippen molar-refractivity contribution in [1.82, 2.24) is 4.98 Å². The summed E-state index contributed by atoms with van der Waals surface area (Å²) in [6, 6.07) is 6.03. The van der Waals surface area contributed by atoms with E-state index in [0.717, 1.165) is 11.1 Å². The Kier molecular flexibility index (Phi) is 3.74. The Bertz CT molecular complexity index is 731. The van der Waals surface area contributed by atoms with Crippen LogP contribution in [0.25, 0.3) is 0 Å². The Morgan fingerprint density at radius 1 is 1.41 bits per heavy atom. The molecule has 114 valence electrons. The van der Waals surface area contributed by atoms with Gasteiger partial charge in [-0.1, -0.05) is 11.6 Å². The number of carboxylic acids is 1. The average Bonchev–Trinajstić information content (AvgIpc) is 2.46. The number of nitrogens with zero attached hydrogens (tertiary/aromatic N) is 2. The summed E-state index contributed by atoms with van der Waals surface area (Å²) in [6.45, 7) is 2.65. The molecule has 2 aromatic rings. The molecule has 1 aliphatic rings. The number of halogens is 2. The summed E-state index contributed by atoms with van der Waals surface area (Å²) in [5.74, 6) is -1.41. The zero-order chi connectivity index (χ0) is 15.9. The van der Waals surface area contributed by atoms with Gasteiger partial charge in [0.1, 0.15) is 11.5 Å². The molecule has 0 aliphatic carbocycles. The zero-order valence-electron chi connectivity index (χ0n) is 11.9. The van der Waals surface area contributed by atoms with E-state index < -0.39 is 5.97 Å². The van der Waals surface area contributed by atoms with Crippen LogP contribution in [0.1, 0.15) is 34.6 Å². The number of carboxylic acid groups (broad SMARTS) is 1. The van der Waals surface area contributed by atoms with E-state index in [-0.39, 0.29) is 17.6 Å². The molecule has 1 aromatic carbocycles. The third-order valence-corrected chi connectivity index (χ3v) is 4.18. The first-order valence-corrected chi connectivity index (χ1v) is 7.28. The maximum Gasteiger partial charge on any atom is 0.354 e.